The fourth-order valence-corrected chi connectivity index (χ4v) is 4.83. The summed E-state index contributed by atoms with van der Waals surface area (Å²) in [7, 11) is -0.816. The zero-order valence-corrected chi connectivity index (χ0v) is 20.2. The molecule has 2 heterocycles. The molecule has 0 saturated carbocycles. The molecule has 10 heteroatoms. The van der Waals surface area contributed by atoms with E-state index in [1.54, 1.807) is 56.7 Å². The molecule has 3 aromatic carbocycles. The van der Waals surface area contributed by atoms with Crippen molar-refractivity contribution in [2.24, 2.45) is 0 Å². The topological polar surface area (TPSA) is 106 Å². The average Bonchev–Trinajstić information content (AvgIpc) is 2.83. The Morgan fingerprint density at radius 3 is 2.09 bits per heavy atom. The SMILES string of the molecule is COc1cc(Nc2nc3ccccc3nc2NS(=O)(=O)c2cccc(N3CCC3)c2)cc(OC)c1. The van der Waals surface area contributed by atoms with Crippen LogP contribution in [0.25, 0.3) is 11.0 Å². The first-order chi connectivity index (χ1) is 16.9. The Hall–Kier alpha value is -4.05. The normalized spacial score (nSPS) is 13.3. The molecular formula is C25H25N5O4S. The van der Waals surface area contributed by atoms with Crippen LogP contribution in [0.3, 0.4) is 0 Å². The monoisotopic (exact) mass is 491 g/mol. The van der Waals surface area contributed by atoms with Crippen molar-refractivity contribution in [1.29, 1.82) is 0 Å². The number of benzene rings is 3. The average molecular weight is 492 g/mol. The molecule has 9 nitrogen and oxygen atoms in total. The molecule has 0 aliphatic carbocycles. The highest BCUT2D eigenvalue weighted by atomic mass is 32.2. The van der Waals surface area contributed by atoms with E-state index in [1.165, 1.54) is 0 Å². The van der Waals surface area contributed by atoms with Gasteiger partial charge in [0.15, 0.2) is 11.6 Å². The minimum Gasteiger partial charge on any atom is -0.497 e. The first-order valence-electron chi connectivity index (χ1n) is 11.1. The first kappa shape index (κ1) is 22.7. The number of methoxy groups -OCH3 is 2. The van der Waals surface area contributed by atoms with Crippen LogP contribution < -0.4 is 24.4 Å². The minimum absolute atomic E-state index is 0.0832. The third-order valence-corrected chi connectivity index (χ3v) is 7.10. The smallest absolute Gasteiger partial charge is 0.263 e. The van der Waals surface area contributed by atoms with E-state index in [-0.39, 0.29) is 16.5 Å². The standard InChI is InChI=1S/C25H25N5O4S/c1-33-19-13-17(14-20(16-19)34-2)26-24-25(28-23-10-4-3-9-22(23)27-24)29-35(31,32)21-8-5-7-18(15-21)30-11-6-12-30/h3-5,7-10,13-16H,6,11-12H2,1-2H3,(H,26,27)(H,28,29). The highest BCUT2D eigenvalue weighted by molar-refractivity contribution is 7.92. The largest absolute Gasteiger partial charge is 0.497 e. The van der Waals surface area contributed by atoms with E-state index < -0.39 is 10.0 Å². The number of aromatic nitrogens is 2. The van der Waals surface area contributed by atoms with Crippen LogP contribution >= 0.6 is 0 Å². The van der Waals surface area contributed by atoms with Gasteiger partial charge >= 0.3 is 0 Å². The summed E-state index contributed by atoms with van der Waals surface area (Å²) < 4.78 is 40.0. The lowest BCUT2D eigenvalue weighted by Crippen LogP contribution is -2.37. The molecule has 0 amide bonds. The molecule has 1 aromatic heterocycles. The number of fused-ring (bicyclic) bond motifs is 1. The lowest BCUT2D eigenvalue weighted by atomic mass is 10.2. The van der Waals surface area contributed by atoms with E-state index in [0.717, 1.165) is 25.2 Å². The number of sulfonamides is 1. The Morgan fingerprint density at radius 1 is 0.829 bits per heavy atom. The van der Waals surface area contributed by atoms with Crippen molar-refractivity contribution < 1.29 is 17.9 Å². The van der Waals surface area contributed by atoms with Crippen LogP contribution in [0.15, 0.2) is 71.6 Å². The maximum Gasteiger partial charge on any atom is 0.263 e. The molecule has 0 atom stereocenters. The summed E-state index contributed by atoms with van der Waals surface area (Å²) in [5.41, 5.74) is 2.66. The van der Waals surface area contributed by atoms with E-state index >= 15 is 0 Å². The van der Waals surface area contributed by atoms with Crippen LogP contribution in [0.2, 0.25) is 0 Å². The zero-order valence-electron chi connectivity index (χ0n) is 19.4. The molecule has 1 aliphatic heterocycles. The van der Waals surface area contributed by atoms with Crippen molar-refractivity contribution in [2.45, 2.75) is 11.3 Å². The van der Waals surface area contributed by atoms with Gasteiger partial charge in [0.2, 0.25) is 0 Å². The predicted molar refractivity (Wildman–Crippen MR) is 136 cm³/mol. The first-order valence-corrected chi connectivity index (χ1v) is 12.6. The number of ether oxygens (including phenoxy) is 2. The maximum absolute atomic E-state index is 13.4. The number of hydrogen-bond acceptors (Lipinski definition) is 8. The van der Waals surface area contributed by atoms with Crippen LogP contribution in [0.4, 0.5) is 23.0 Å². The quantitative estimate of drug-likeness (QED) is 0.374. The van der Waals surface area contributed by atoms with Gasteiger partial charge in [-0.05, 0) is 36.8 Å². The highest BCUT2D eigenvalue weighted by Crippen LogP contribution is 2.32. The van der Waals surface area contributed by atoms with Gasteiger partial charge in [-0.25, -0.2) is 18.4 Å². The van der Waals surface area contributed by atoms with Crippen LogP contribution in [0.1, 0.15) is 6.42 Å². The maximum atomic E-state index is 13.4. The molecule has 35 heavy (non-hydrogen) atoms. The molecule has 1 aliphatic rings. The Balaban J connectivity index is 1.54. The molecule has 1 fully saturated rings. The van der Waals surface area contributed by atoms with Crippen molar-refractivity contribution in [3.63, 3.8) is 0 Å². The lowest BCUT2D eigenvalue weighted by Gasteiger charge is -2.33. The van der Waals surface area contributed by atoms with Gasteiger partial charge in [0.25, 0.3) is 10.0 Å². The van der Waals surface area contributed by atoms with Crippen molar-refractivity contribution in [3.05, 3.63) is 66.7 Å². The molecule has 0 radical (unpaired) electrons. The second kappa shape index (κ2) is 9.30. The number of nitrogens with one attached hydrogen (secondary N) is 2. The molecule has 0 unspecified atom stereocenters. The van der Waals surface area contributed by atoms with E-state index in [4.69, 9.17) is 9.47 Å². The minimum atomic E-state index is -3.93. The van der Waals surface area contributed by atoms with Gasteiger partial charge in [0, 0.05) is 42.7 Å². The number of anilines is 4. The van der Waals surface area contributed by atoms with Gasteiger partial charge in [-0.2, -0.15) is 0 Å². The van der Waals surface area contributed by atoms with Crippen LogP contribution in [-0.4, -0.2) is 45.7 Å². The van der Waals surface area contributed by atoms with Crippen LogP contribution in [0, 0.1) is 0 Å². The molecule has 2 N–H and O–H groups in total. The number of hydrogen-bond donors (Lipinski definition) is 2. The van der Waals surface area contributed by atoms with Gasteiger partial charge < -0.3 is 19.7 Å². The molecule has 1 saturated heterocycles. The zero-order chi connectivity index (χ0) is 24.4. The number of nitrogens with zero attached hydrogens (tertiary/aromatic N) is 3. The van der Waals surface area contributed by atoms with Gasteiger partial charge in [-0.3, -0.25) is 4.72 Å². The van der Waals surface area contributed by atoms with E-state index in [2.05, 4.69) is 24.9 Å². The molecule has 4 aromatic rings. The Labute approximate surface area is 203 Å². The molecule has 0 spiro atoms. The lowest BCUT2D eigenvalue weighted by molar-refractivity contribution is 0.395. The van der Waals surface area contributed by atoms with E-state index in [9.17, 15) is 8.42 Å². The number of rotatable bonds is 8. The van der Waals surface area contributed by atoms with Crippen molar-refractivity contribution in [1.82, 2.24) is 9.97 Å². The summed E-state index contributed by atoms with van der Waals surface area (Å²) in [5, 5.41) is 3.17. The predicted octanol–water partition coefficient (Wildman–Crippen LogP) is 4.40. The Bertz CT molecular complexity index is 1470. The number of para-hydroxylation sites is 2. The third-order valence-electron chi connectivity index (χ3n) is 5.76. The highest BCUT2D eigenvalue weighted by Gasteiger charge is 2.22. The summed E-state index contributed by atoms with van der Waals surface area (Å²) in [6, 6.07) is 19.4. The van der Waals surface area contributed by atoms with Gasteiger partial charge in [-0.15, -0.1) is 0 Å². The summed E-state index contributed by atoms with van der Waals surface area (Å²) in [6.45, 7) is 1.84. The summed E-state index contributed by atoms with van der Waals surface area (Å²) >= 11 is 0. The van der Waals surface area contributed by atoms with Crippen LogP contribution in [-0.2, 0) is 10.0 Å². The van der Waals surface area contributed by atoms with Gasteiger partial charge in [0.05, 0.1) is 30.1 Å². The second-order valence-corrected chi connectivity index (χ2v) is 9.76. The molecule has 0 bridgehead atoms. The van der Waals surface area contributed by atoms with Crippen LogP contribution in [0.5, 0.6) is 11.5 Å². The fraction of sp³-hybridized carbons (Fsp3) is 0.200. The summed E-state index contributed by atoms with van der Waals surface area (Å²) in [4.78, 5) is 11.5. The Morgan fingerprint density at radius 2 is 1.49 bits per heavy atom. The summed E-state index contributed by atoms with van der Waals surface area (Å²) in [6.07, 6.45) is 1.10. The van der Waals surface area contributed by atoms with Gasteiger partial charge in [0.1, 0.15) is 11.5 Å². The molecular weight excluding hydrogens is 466 g/mol. The van der Waals surface area contributed by atoms with E-state index in [0.29, 0.717) is 28.2 Å². The van der Waals surface area contributed by atoms with Crippen molar-refractivity contribution >= 4 is 44.1 Å². The fourth-order valence-electron chi connectivity index (χ4n) is 3.78. The Kier molecular flexibility index (Phi) is 6.04. The summed E-state index contributed by atoms with van der Waals surface area (Å²) in [5.74, 6) is 1.48. The second-order valence-electron chi connectivity index (χ2n) is 8.08. The molecule has 180 valence electrons. The molecule has 5 rings (SSSR count). The van der Waals surface area contributed by atoms with Gasteiger partial charge in [-0.1, -0.05) is 18.2 Å². The third kappa shape index (κ3) is 4.78. The van der Waals surface area contributed by atoms with Crippen molar-refractivity contribution in [3.8, 4) is 11.5 Å². The van der Waals surface area contributed by atoms with E-state index in [1.807, 2.05) is 24.3 Å². The van der Waals surface area contributed by atoms with Crippen molar-refractivity contribution in [2.75, 3.05) is 42.2 Å².